The second kappa shape index (κ2) is 10.9. The van der Waals surface area contributed by atoms with Gasteiger partial charge in [-0.3, -0.25) is 14.5 Å². The molecular formula is C25H34FN3O3. The van der Waals surface area contributed by atoms with E-state index < -0.39 is 0 Å². The number of likely N-dealkylation sites (tertiary alicyclic amines) is 1. The fourth-order valence-electron chi connectivity index (χ4n) is 4.38. The van der Waals surface area contributed by atoms with Crippen LogP contribution in [-0.4, -0.2) is 61.1 Å². The first-order chi connectivity index (χ1) is 15.3. The van der Waals surface area contributed by atoms with Crippen molar-refractivity contribution in [1.82, 2.24) is 14.8 Å². The van der Waals surface area contributed by atoms with Crippen LogP contribution in [-0.2, 0) is 9.53 Å². The lowest BCUT2D eigenvalue weighted by Gasteiger charge is -2.30. The molecule has 0 bridgehead atoms. The largest absolute Gasteiger partial charge is 0.385 e. The Morgan fingerprint density at radius 1 is 1.16 bits per heavy atom. The highest BCUT2D eigenvalue weighted by Gasteiger charge is 2.27. The van der Waals surface area contributed by atoms with Crippen LogP contribution in [0, 0.1) is 32.5 Å². The molecular weight excluding hydrogens is 409 g/mol. The molecule has 3 rings (SSSR count). The number of rotatable bonds is 9. The summed E-state index contributed by atoms with van der Waals surface area (Å²) in [6.07, 6.45) is 2.32. The molecule has 0 aliphatic carbocycles. The highest BCUT2D eigenvalue weighted by Crippen LogP contribution is 2.24. The topological polar surface area (TPSA) is 63.6 Å². The molecule has 32 heavy (non-hydrogen) atoms. The van der Waals surface area contributed by atoms with Crippen molar-refractivity contribution < 1.29 is 18.7 Å². The summed E-state index contributed by atoms with van der Waals surface area (Å²) in [6, 6.07) is 7.02. The zero-order valence-corrected chi connectivity index (χ0v) is 19.5. The number of carbonyl (C=O) groups excluding carboxylic acids is 2. The third kappa shape index (κ3) is 5.64. The van der Waals surface area contributed by atoms with E-state index in [0.717, 1.165) is 49.4 Å². The number of amides is 1. The minimum atomic E-state index is -0.256. The zero-order valence-electron chi connectivity index (χ0n) is 19.5. The fraction of sp³-hybridized carbons (Fsp3) is 0.520. The average Bonchev–Trinajstić information content (AvgIpc) is 3.07. The molecule has 2 heterocycles. The molecule has 1 aromatic carbocycles. The lowest BCUT2D eigenvalue weighted by molar-refractivity contribution is -0.126. The Morgan fingerprint density at radius 2 is 1.88 bits per heavy atom. The van der Waals surface area contributed by atoms with Gasteiger partial charge in [-0.15, -0.1) is 0 Å². The summed E-state index contributed by atoms with van der Waals surface area (Å²) in [6.45, 7) is 8.61. The van der Waals surface area contributed by atoms with Gasteiger partial charge in [0.05, 0.1) is 6.54 Å². The van der Waals surface area contributed by atoms with Crippen molar-refractivity contribution in [2.24, 2.45) is 5.92 Å². The number of ether oxygens (including phenoxy) is 1. The number of ketones is 1. The first-order valence-corrected chi connectivity index (χ1v) is 11.3. The molecule has 6 nitrogen and oxygen atoms in total. The summed E-state index contributed by atoms with van der Waals surface area (Å²) in [5.41, 5.74) is 3.71. The van der Waals surface area contributed by atoms with Crippen molar-refractivity contribution in [3.05, 3.63) is 52.6 Å². The van der Waals surface area contributed by atoms with Gasteiger partial charge in [0.1, 0.15) is 5.82 Å². The Kier molecular flexibility index (Phi) is 8.21. The summed E-state index contributed by atoms with van der Waals surface area (Å²) >= 11 is 0. The SMILES string of the molecule is COCCCNC(=O)C1CCN(CC(=O)c2cc(C)n(-c3ccc(C)c(F)c3)c2C)CC1. The van der Waals surface area contributed by atoms with Gasteiger partial charge in [-0.25, -0.2) is 4.39 Å². The summed E-state index contributed by atoms with van der Waals surface area (Å²) in [5, 5.41) is 2.97. The van der Waals surface area contributed by atoms with E-state index in [2.05, 4.69) is 10.2 Å². The predicted octanol–water partition coefficient (Wildman–Crippen LogP) is 3.59. The van der Waals surface area contributed by atoms with E-state index in [1.54, 1.807) is 20.1 Å². The summed E-state index contributed by atoms with van der Waals surface area (Å²) in [7, 11) is 1.65. The van der Waals surface area contributed by atoms with Crippen molar-refractivity contribution in [3.63, 3.8) is 0 Å². The van der Waals surface area contributed by atoms with Crippen LogP contribution in [0.4, 0.5) is 4.39 Å². The van der Waals surface area contributed by atoms with E-state index in [0.29, 0.717) is 30.8 Å². The maximum absolute atomic E-state index is 14.1. The molecule has 174 valence electrons. The standard InChI is InChI=1S/C25H34FN3O3/c1-17-6-7-21(15-23(17)26)29-18(2)14-22(19(29)3)24(30)16-28-11-8-20(9-12-28)25(31)27-10-5-13-32-4/h6-7,14-15,20H,5,8-13,16H2,1-4H3,(H,27,31). The predicted molar refractivity (Wildman–Crippen MR) is 123 cm³/mol. The number of nitrogens with one attached hydrogen (secondary N) is 1. The van der Waals surface area contributed by atoms with Crippen LogP contribution < -0.4 is 5.32 Å². The third-order valence-corrected chi connectivity index (χ3v) is 6.30. The van der Waals surface area contributed by atoms with E-state index in [1.807, 2.05) is 30.5 Å². The Hall–Kier alpha value is -2.51. The van der Waals surface area contributed by atoms with Gasteiger partial charge >= 0.3 is 0 Å². The smallest absolute Gasteiger partial charge is 0.223 e. The van der Waals surface area contributed by atoms with Gasteiger partial charge in [0.25, 0.3) is 0 Å². The van der Waals surface area contributed by atoms with Crippen LogP contribution in [0.2, 0.25) is 0 Å². The van der Waals surface area contributed by atoms with Gasteiger partial charge in [-0.1, -0.05) is 6.07 Å². The van der Waals surface area contributed by atoms with Gasteiger partial charge < -0.3 is 14.6 Å². The Labute approximate surface area is 189 Å². The first-order valence-electron chi connectivity index (χ1n) is 11.3. The number of aryl methyl sites for hydroxylation is 2. The lowest BCUT2D eigenvalue weighted by Crippen LogP contribution is -2.42. The minimum absolute atomic E-state index is 0.00500. The second-order valence-corrected chi connectivity index (χ2v) is 8.66. The number of nitrogens with zero attached hydrogens (tertiary/aromatic N) is 2. The van der Waals surface area contributed by atoms with Crippen molar-refractivity contribution in [2.75, 3.05) is 39.9 Å². The molecule has 1 amide bonds. The number of carbonyl (C=O) groups is 2. The van der Waals surface area contributed by atoms with E-state index in [1.165, 1.54) is 6.07 Å². The van der Waals surface area contributed by atoms with E-state index in [4.69, 9.17) is 4.74 Å². The van der Waals surface area contributed by atoms with Crippen LogP contribution >= 0.6 is 0 Å². The van der Waals surface area contributed by atoms with Crippen LogP contribution in [0.25, 0.3) is 5.69 Å². The fourth-order valence-corrected chi connectivity index (χ4v) is 4.38. The van der Waals surface area contributed by atoms with Crippen molar-refractivity contribution in [3.8, 4) is 5.69 Å². The number of benzene rings is 1. The summed E-state index contributed by atoms with van der Waals surface area (Å²) in [4.78, 5) is 27.5. The van der Waals surface area contributed by atoms with Gasteiger partial charge in [0, 0.05) is 48.8 Å². The van der Waals surface area contributed by atoms with Crippen molar-refractivity contribution >= 4 is 11.7 Å². The number of methoxy groups -OCH3 is 1. The molecule has 1 aliphatic rings. The normalized spacial score (nSPS) is 15.2. The molecule has 7 heteroatoms. The number of halogens is 1. The minimum Gasteiger partial charge on any atom is -0.385 e. The Bertz CT molecular complexity index is 962. The number of hydrogen-bond donors (Lipinski definition) is 1. The van der Waals surface area contributed by atoms with Crippen LogP contribution in [0.15, 0.2) is 24.3 Å². The van der Waals surface area contributed by atoms with E-state index in [9.17, 15) is 14.0 Å². The van der Waals surface area contributed by atoms with Gasteiger partial charge in [-0.05, 0) is 76.9 Å². The maximum Gasteiger partial charge on any atom is 0.223 e. The Balaban J connectivity index is 1.58. The second-order valence-electron chi connectivity index (χ2n) is 8.66. The number of hydrogen-bond acceptors (Lipinski definition) is 4. The van der Waals surface area contributed by atoms with Crippen LogP contribution in [0.1, 0.15) is 46.6 Å². The molecule has 2 aromatic rings. The molecule has 1 saturated heterocycles. The monoisotopic (exact) mass is 443 g/mol. The van der Waals surface area contributed by atoms with Gasteiger partial charge in [0.2, 0.25) is 5.91 Å². The highest BCUT2D eigenvalue weighted by atomic mass is 19.1. The average molecular weight is 444 g/mol. The quantitative estimate of drug-likeness (QED) is 0.475. The lowest BCUT2D eigenvalue weighted by atomic mass is 9.95. The zero-order chi connectivity index (χ0) is 23.3. The molecule has 0 saturated carbocycles. The molecule has 0 atom stereocenters. The first kappa shape index (κ1) is 24.1. The third-order valence-electron chi connectivity index (χ3n) is 6.30. The van der Waals surface area contributed by atoms with Crippen molar-refractivity contribution in [1.29, 1.82) is 0 Å². The summed E-state index contributed by atoms with van der Waals surface area (Å²) < 4.78 is 21.0. The molecule has 1 aliphatic heterocycles. The Morgan fingerprint density at radius 3 is 2.53 bits per heavy atom. The van der Waals surface area contributed by atoms with Gasteiger partial charge in [-0.2, -0.15) is 0 Å². The number of aromatic nitrogens is 1. The molecule has 1 fully saturated rings. The van der Waals surface area contributed by atoms with Crippen LogP contribution in [0.3, 0.4) is 0 Å². The van der Waals surface area contributed by atoms with Gasteiger partial charge in [0.15, 0.2) is 5.78 Å². The summed E-state index contributed by atoms with van der Waals surface area (Å²) in [5.74, 6) is -0.0979. The molecule has 0 radical (unpaired) electrons. The van der Waals surface area contributed by atoms with Crippen molar-refractivity contribution in [2.45, 2.75) is 40.0 Å². The number of Topliss-reactive ketones (excluding diaryl/α,β-unsaturated/α-hetero) is 1. The molecule has 0 spiro atoms. The van der Waals surface area contributed by atoms with Crippen LogP contribution in [0.5, 0.6) is 0 Å². The van der Waals surface area contributed by atoms with E-state index >= 15 is 0 Å². The molecule has 1 aromatic heterocycles. The molecule has 1 N–H and O–H groups in total. The molecule has 0 unspecified atom stereocenters. The maximum atomic E-state index is 14.1. The van der Waals surface area contributed by atoms with E-state index in [-0.39, 0.29) is 23.4 Å². The highest BCUT2D eigenvalue weighted by molar-refractivity contribution is 5.99. The number of piperidine rings is 1.